The van der Waals surface area contributed by atoms with Crippen molar-refractivity contribution < 1.29 is 24.2 Å². The van der Waals surface area contributed by atoms with Gasteiger partial charge in [-0.1, -0.05) is 42.0 Å². The fourth-order valence-electron chi connectivity index (χ4n) is 4.51. The summed E-state index contributed by atoms with van der Waals surface area (Å²) in [6.07, 6.45) is 1.96. The van der Waals surface area contributed by atoms with Gasteiger partial charge in [0.15, 0.2) is 0 Å². The third-order valence-electron chi connectivity index (χ3n) is 6.51. The monoisotopic (exact) mass is 537 g/mol. The van der Waals surface area contributed by atoms with Gasteiger partial charge >= 0.3 is 6.09 Å². The van der Waals surface area contributed by atoms with Crippen LogP contribution in [0.5, 0.6) is 5.75 Å². The molecule has 2 unspecified atom stereocenters. The van der Waals surface area contributed by atoms with E-state index in [9.17, 15) is 19.5 Å². The van der Waals surface area contributed by atoms with Crippen LogP contribution in [0.25, 0.3) is 0 Å². The number of aryl methyl sites for hydroxylation is 1. The molecule has 0 bridgehead atoms. The Morgan fingerprint density at radius 2 is 1.56 bits per heavy atom. The number of alkyl carbamates (subject to hydrolysis) is 1. The van der Waals surface area contributed by atoms with Gasteiger partial charge < -0.3 is 25.4 Å². The summed E-state index contributed by atoms with van der Waals surface area (Å²) in [5.74, 6) is -0.517. The number of nitrogens with one attached hydrogen (secondary N) is 2. The molecule has 2 aromatic rings. The number of amides is 3. The third-order valence-corrected chi connectivity index (χ3v) is 6.51. The fraction of sp³-hybridized carbons (Fsp3) is 0.516. The molecule has 8 nitrogen and oxygen atoms in total. The van der Waals surface area contributed by atoms with Crippen LogP contribution in [0.3, 0.4) is 0 Å². The van der Waals surface area contributed by atoms with Gasteiger partial charge in [0, 0.05) is 18.0 Å². The molecule has 0 aliphatic heterocycles. The van der Waals surface area contributed by atoms with E-state index in [0.717, 1.165) is 30.4 Å². The van der Waals surface area contributed by atoms with Crippen LogP contribution < -0.4 is 10.6 Å². The largest absolute Gasteiger partial charge is 0.508 e. The number of phenols is 1. The Hall–Kier alpha value is -3.55. The van der Waals surface area contributed by atoms with Crippen molar-refractivity contribution in [2.45, 2.75) is 103 Å². The predicted molar refractivity (Wildman–Crippen MR) is 151 cm³/mol. The molecule has 1 saturated carbocycles. The van der Waals surface area contributed by atoms with Crippen LogP contribution in [0.1, 0.15) is 83.5 Å². The van der Waals surface area contributed by atoms with Crippen molar-refractivity contribution in [3.05, 3.63) is 65.2 Å². The van der Waals surface area contributed by atoms with Crippen LogP contribution >= 0.6 is 0 Å². The summed E-state index contributed by atoms with van der Waals surface area (Å²) in [6.45, 7) is 13.0. The number of carbonyl (C=O) groups excluding carboxylic acids is 3. The summed E-state index contributed by atoms with van der Waals surface area (Å²) in [5.41, 5.74) is 1.26. The number of hydrogen-bond donors (Lipinski definition) is 3. The molecule has 39 heavy (non-hydrogen) atoms. The Morgan fingerprint density at radius 3 is 2.05 bits per heavy atom. The average Bonchev–Trinajstić information content (AvgIpc) is 2.76. The standard InChI is InChI=1S/C31H43N3O5/c1-20-11-15-22(16-12-20)26(27(36)33-30(2,3)4)34(23-9-8-10-23)28(37)25(32-29(38)39-31(5,6)7)19-21-13-17-24(35)18-14-21/h11-18,23,25-26,35H,8-10,19H2,1-7H3,(H,32,38)(H,33,36). The van der Waals surface area contributed by atoms with Gasteiger partial charge in [0.05, 0.1) is 0 Å². The number of ether oxygens (including phenoxy) is 1. The molecule has 1 aliphatic carbocycles. The lowest BCUT2D eigenvalue weighted by atomic mass is 9.87. The van der Waals surface area contributed by atoms with Crippen molar-refractivity contribution in [1.82, 2.24) is 15.5 Å². The molecule has 0 heterocycles. The average molecular weight is 538 g/mol. The van der Waals surface area contributed by atoms with Gasteiger partial charge in [0.25, 0.3) is 0 Å². The molecule has 0 saturated heterocycles. The van der Waals surface area contributed by atoms with Crippen LogP contribution in [0.4, 0.5) is 4.79 Å². The van der Waals surface area contributed by atoms with E-state index in [1.807, 2.05) is 52.0 Å². The maximum Gasteiger partial charge on any atom is 0.408 e. The highest BCUT2D eigenvalue weighted by atomic mass is 16.6. The molecular formula is C31H43N3O5. The topological polar surface area (TPSA) is 108 Å². The molecular weight excluding hydrogens is 494 g/mol. The van der Waals surface area contributed by atoms with Crippen LogP contribution in [0.2, 0.25) is 0 Å². The molecule has 8 heteroatoms. The van der Waals surface area contributed by atoms with E-state index >= 15 is 0 Å². The second-order valence-corrected chi connectivity index (χ2v) is 12.5. The second kappa shape index (κ2) is 12.1. The minimum atomic E-state index is -0.986. The lowest BCUT2D eigenvalue weighted by Crippen LogP contribution is -2.59. The van der Waals surface area contributed by atoms with Crippen molar-refractivity contribution in [2.75, 3.05) is 0 Å². The van der Waals surface area contributed by atoms with Crippen molar-refractivity contribution in [3.63, 3.8) is 0 Å². The highest BCUT2D eigenvalue weighted by Crippen LogP contribution is 2.34. The molecule has 2 atom stereocenters. The summed E-state index contributed by atoms with van der Waals surface area (Å²) in [4.78, 5) is 42.8. The summed E-state index contributed by atoms with van der Waals surface area (Å²) >= 11 is 0. The lowest BCUT2D eigenvalue weighted by molar-refractivity contribution is -0.148. The Labute approximate surface area is 232 Å². The Kier molecular flexibility index (Phi) is 9.30. The summed E-state index contributed by atoms with van der Waals surface area (Å²) in [6, 6.07) is 12.2. The fourth-order valence-corrected chi connectivity index (χ4v) is 4.51. The van der Waals surface area contributed by atoms with Gasteiger partial charge in [-0.3, -0.25) is 9.59 Å². The van der Waals surface area contributed by atoms with E-state index in [4.69, 9.17) is 4.74 Å². The van der Waals surface area contributed by atoms with Gasteiger partial charge in [-0.2, -0.15) is 0 Å². The van der Waals surface area contributed by atoms with E-state index in [1.54, 1.807) is 49.9 Å². The first kappa shape index (κ1) is 30.0. The van der Waals surface area contributed by atoms with E-state index in [2.05, 4.69) is 10.6 Å². The van der Waals surface area contributed by atoms with Crippen LogP contribution in [-0.4, -0.2) is 51.1 Å². The number of phenolic OH excluding ortho intramolecular Hbond substituents is 1. The quantitative estimate of drug-likeness (QED) is 0.430. The first-order valence-electron chi connectivity index (χ1n) is 13.6. The first-order valence-corrected chi connectivity index (χ1v) is 13.6. The first-order chi connectivity index (χ1) is 18.1. The molecule has 212 valence electrons. The molecule has 0 aromatic heterocycles. The summed E-state index contributed by atoms with van der Waals surface area (Å²) < 4.78 is 5.49. The second-order valence-electron chi connectivity index (χ2n) is 12.5. The van der Waals surface area contributed by atoms with E-state index < -0.39 is 29.3 Å². The molecule has 3 amide bonds. The van der Waals surface area contributed by atoms with Crippen LogP contribution in [-0.2, 0) is 20.7 Å². The molecule has 1 fully saturated rings. The Bertz CT molecular complexity index is 1140. The number of aromatic hydroxyl groups is 1. The molecule has 1 aliphatic rings. The zero-order valence-corrected chi connectivity index (χ0v) is 24.2. The lowest BCUT2D eigenvalue weighted by Gasteiger charge is -2.44. The van der Waals surface area contributed by atoms with E-state index in [-0.39, 0.29) is 30.0 Å². The minimum Gasteiger partial charge on any atom is -0.508 e. The molecule has 0 spiro atoms. The summed E-state index contributed by atoms with van der Waals surface area (Å²) in [7, 11) is 0. The predicted octanol–water partition coefficient (Wildman–Crippen LogP) is 5.17. The highest BCUT2D eigenvalue weighted by Gasteiger charge is 2.42. The minimum absolute atomic E-state index is 0.108. The van der Waals surface area contributed by atoms with Gasteiger partial charge in [0.1, 0.15) is 23.4 Å². The molecule has 0 radical (unpaired) electrons. The normalized spacial score (nSPS) is 15.5. The maximum absolute atomic E-state index is 14.4. The Morgan fingerprint density at radius 1 is 0.974 bits per heavy atom. The van der Waals surface area contributed by atoms with Crippen molar-refractivity contribution in [1.29, 1.82) is 0 Å². The molecule has 3 N–H and O–H groups in total. The number of hydrogen-bond acceptors (Lipinski definition) is 5. The van der Waals surface area contributed by atoms with Crippen molar-refractivity contribution in [3.8, 4) is 5.75 Å². The molecule has 2 aromatic carbocycles. The number of benzene rings is 2. The zero-order chi connectivity index (χ0) is 29.0. The van der Waals surface area contributed by atoms with Crippen LogP contribution in [0, 0.1) is 6.92 Å². The number of nitrogens with zero attached hydrogens (tertiary/aromatic N) is 1. The van der Waals surface area contributed by atoms with Gasteiger partial charge in [-0.05, 0) is 91.0 Å². The van der Waals surface area contributed by atoms with Gasteiger partial charge in [-0.15, -0.1) is 0 Å². The number of rotatable bonds is 8. The third kappa shape index (κ3) is 8.73. The zero-order valence-electron chi connectivity index (χ0n) is 24.2. The smallest absolute Gasteiger partial charge is 0.408 e. The van der Waals surface area contributed by atoms with Crippen LogP contribution in [0.15, 0.2) is 48.5 Å². The number of carbonyl (C=O) groups is 3. The Balaban J connectivity index is 2.04. The highest BCUT2D eigenvalue weighted by molar-refractivity contribution is 5.93. The SMILES string of the molecule is Cc1ccc(C(C(=O)NC(C)(C)C)N(C(=O)C(Cc2ccc(O)cc2)NC(=O)OC(C)(C)C)C2CCC2)cc1. The van der Waals surface area contributed by atoms with E-state index in [1.165, 1.54) is 0 Å². The van der Waals surface area contributed by atoms with Crippen molar-refractivity contribution in [2.24, 2.45) is 0 Å². The maximum atomic E-state index is 14.4. The van der Waals surface area contributed by atoms with Gasteiger partial charge in [-0.25, -0.2) is 4.79 Å². The van der Waals surface area contributed by atoms with E-state index in [0.29, 0.717) is 5.56 Å². The summed E-state index contributed by atoms with van der Waals surface area (Å²) in [5, 5.41) is 15.6. The van der Waals surface area contributed by atoms with Gasteiger partial charge in [0.2, 0.25) is 11.8 Å². The molecule has 3 rings (SSSR count). The van der Waals surface area contributed by atoms with Crippen molar-refractivity contribution >= 4 is 17.9 Å².